The number of aromatic hydroxyl groups is 1. The fraction of sp³-hybridized carbons (Fsp3) is 0.273. The molecule has 0 aliphatic rings. The number of rotatable bonds is 5. The highest BCUT2D eigenvalue weighted by Crippen LogP contribution is 2.16. The van der Waals surface area contributed by atoms with Gasteiger partial charge in [-0.05, 0) is 24.3 Å². The number of benzene rings is 1. The summed E-state index contributed by atoms with van der Waals surface area (Å²) < 4.78 is 0. The van der Waals surface area contributed by atoms with Crippen LogP contribution in [0.15, 0.2) is 24.3 Å². The Kier molecular flexibility index (Phi) is 4.33. The second kappa shape index (κ2) is 5.74. The number of aliphatic carboxylic acids is 1. The minimum absolute atomic E-state index is 0.0536. The molecule has 17 heavy (non-hydrogen) atoms. The molecule has 0 unspecified atom stereocenters. The number of hydrogen-bond donors (Lipinski definition) is 3. The zero-order chi connectivity index (χ0) is 12.8. The fourth-order valence-electron chi connectivity index (χ4n) is 1.24. The lowest BCUT2D eigenvalue weighted by atomic mass is 10.3. The maximum Gasteiger partial charge on any atom is 0.322 e. The maximum atomic E-state index is 11.3. The van der Waals surface area contributed by atoms with Gasteiger partial charge < -0.3 is 20.4 Å². The van der Waals surface area contributed by atoms with Gasteiger partial charge in [-0.3, -0.25) is 9.59 Å². The molecule has 92 valence electrons. The lowest BCUT2D eigenvalue weighted by Gasteiger charge is -2.18. The van der Waals surface area contributed by atoms with E-state index in [4.69, 9.17) is 10.2 Å². The lowest BCUT2D eigenvalue weighted by molar-refractivity contribution is -0.137. The number of phenolic OH excluding ortho intramolecular Hbond substituents is 1. The van der Waals surface area contributed by atoms with Crippen LogP contribution in [0.4, 0.5) is 5.69 Å². The highest BCUT2D eigenvalue weighted by atomic mass is 16.4. The molecule has 0 heterocycles. The third kappa shape index (κ3) is 4.42. The van der Waals surface area contributed by atoms with E-state index in [1.807, 2.05) is 0 Å². The Hall–Kier alpha value is -2.24. The average Bonchev–Trinajstić information content (AvgIpc) is 2.27. The molecular formula is C11H14N2O4. The predicted octanol–water partition coefficient (Wildman–Crippen LogP) is 0.0292. The fourth-order valence-corrected chi connectivity index (χ4v) is 1.24. The van der Waals surface area contributed by atoms with Crippen molar-refractivity contribution in [1.82, 2.24) is 5.32 Å². The van der Waals surface area contributed by atoms with Gasteiger partial charge in [-0.25, -0.2) is 0 Å². The van der Waals surface area contributed by atoms with Gasteiger partial charge in [-0.15, -0.1) is 0 Å². The molecule has 3 N–H and O–H groups in total. The molecule has 0 saturated heterocycles. The summed E-state index contributed by atoms with van der Waals surface area (Å²) in [5.74, 6) is -1.30. The molecule has 0 aliphatic carbocycles. The SMILES string of the molecule is CN(CC(=O)NCC(=O)O)c1ccc(O)cc1. The predicted molar refractivity (Wildman–Crippen MR) is 62.0 cm³/mol. The number of carboxylic acid groups (broad SMARTS) is 1. The van der Waals surface area contributed by atoms with E-state index in [1.165, 1.54) is 12.1 Å². The number of hydrogen-bond acceptors (Lipinski definition) is 4. The van der Waals surface area contributed by atoms with Crippen molar-refractivity contribution < 1.29 is 19.8 Å². The zero-order valence-corrected chi connectivity index (χ0v) is 9.38. The van der Waals surface area contributed by atoms with Crippen molar-refractivity contribution in [1.29, 1.82) is 0 Å². The van der Waals surface area contributed by atoms with Gasteiger partial charge in [0.05, 0.1) is 6.54 Å². The second-order valence-electron chi connectivity index (χ2n) is 3.54. The molecule has 6 heteroatoms. The molecule has 0 aromatic heterocycles. The maximum absolute atomic E-state index is 11.3. The number of nitrogens with one attached hydrogen (secondary N) is 1. The molecule has 1 amide bonds. The summed E-state index contributed by atoms with van der Waals surface area (Å²) in [6.45, 7) is -0.333. The highest BCUT2D eigenvalue weighted by molar-refractivity contribution is 5.84. The van der Waals surface area contributed by atoms with Crippen molar-refractivity contribution in [2.24, 2.45) is 0 Å². The van der Waals surface area contributed by atoms with Crippen LogP contribution >= 0.6 is 0 Å². The first kappa shape index (κ1) is 12.8. The Bertz CT molecular complexity index is 402. The van der Waals surface area contributed by atoms with Gasteiger partial charge in [-0.1, -0.05) is 0 Å². The van der Waals surface area contributed by atoms with E-state index in [0.717, 1.165) is 5.69 Å². The number of carbonyl (C=O) groups is 2. The van der Waals surface area contributed by atoms with E-state index >= 15 is 0 Å². The van der Waals surface area contributed by atoms with E-state index in [0.29, 0.717) is 0 Å². The van der Waals surface area contributed by atoms with Crippen molar-refractivity contribution in [2.75, 3.05) is 25.0 Å². The number of nitrogens with zero attached hydrogens (tertiary/aromatic N) is 1. The Morgan fingerprint density at radius 1 is 1.29 bits per heavy atom. The summed E-state index contributed by atoms with van der Waals surface area (Å²) in [5.41, 5.74) is 0.758. The molecule has 1 aromatic carbocycles. The second-order valence-corrected chi connectivity index (χ2v) is 3.54. The number of anilines is 1. The Balaban J connectivity index is 2.48. The topological polar surface area (TPSA) is 89.9 Å². The average molecular weight is 238 g/mol. The number of amides is 1. The number of likely N-dealkylation sites (N-methyl/N-ethyl adjacent to an activating group) is 1. The molecule has 0 fully saturated rings. The van der Waals surface area contributed by atoms with Crippen LogP contribution in [0.25, 0.3) is 0 Å². The summed E-state index contributed by atoms with van der Waals surface area (Å²) in [7, 11) is 1.70. The zero-order valence-electron chi connectivity index (χ0n) is 9.38. The van der Waals surface area contributed by atoms with Crippen molar-refractivity contribution in [2.45, 2.75) is 0 Å². The van der Waals surface area contributed by atoms with E-state index in [1.54, 1.807) is 24.1 Å². The van der Waals surface area contributed by atoms with Crippen molar-refractivity contribution in [3.63, 3.8) is 0 Å². The normalized spacial score (nSPS) is 9.71. The molecule has 6 nitrogen and oxygen atoms in total. The molecule has 0 saturated carbocycles. The van der Waals surface area contributed by atoms with Gasteiger partial charge in [-0.2, -0.15) is 0 Å². The van der Waals surface area contributed by atoms with E-state index < -0.39 is 5.97 Å². The Labute approximate surface area is 98.5 Å². The minimum atomic E-state index is -1.08. The van der Waals surface area contributed by atoms with Gasteiger partial charge in [0.25, 0.3) is 0 Å². The monoisotopic (exact) mass is 238 g/mol. The highest BCUT2D eigenvalue weighted by Gasteiger charge is 2.08. The first-order chi connectivity index (χ1) is 7.99. The van der Waals surface area contributed by atoms with Crippen LogP contribution in [0.5, 0.6) is 5.75 Å². The van der Waals surface area contributed by atoms with Crippen LogP contribution in [-0.4, -0.2) is 42.2 Å². The van der Waals surface area contributed by atoms with E-state index in [2.05, 4.69) is 5.32 Å². The third-order valence-electron chi connectivity index (χ3n) is 2.11. The van der Waals surface area contributed by atoms with Gasteiger partial charge in [0.2, 0.25) is 5.91 Å². The molecule has 0 aliphatic heterocycles. The summed E-state index contributed by atoms with van der Waals surface area (Å²) >= 11 is 0. The van der Waals surface area contributed by atoms with Crippen LogP contribution in [0.3, 0.4) is 0 Å². The summed E-state index contributed by atoms with van der Waals surface area (Å²) in [6.07, 6.45) is 0. The van der Waals surface area contributed by atoms with Crippen LogP contribution in [-0.2, 0) is 9.59 Å². The smallest absolute Gasteiger partial charge is 0.322 e. The first-order valence-electron chi connectivity index (χ1n) is 4.97. The van der Waals surface area contributed by atoms with Crippen molar-refractivity contribution >= 4 is 17.6 Å². The van der Waals surface area contributed by atoms with Crippen LogP contribution < -0.4 is 10.2 Å². The molecule has 0 radical (unpaired) electrons. The molecule has 0 bridgehead atoms. The lowest BCUT2D eigenvalue weighted by Crippen LogP contribution is -2.37. The van der Waals surface area contributed by atoms with Crippen LogP contribution in [0, 0.1) is 0 Å². The molecular weight excluding hydrogens is 224 g/mol. The van der Waals surface area contributed by atoms with Gasteiger partial charge in [0, 0.05) is 12.7 Å². The first-order valence-corrected chi connectivity index (χ1v) is 4.97. The molecule has 0 atom stereocenters. The molecule has 1 rings (SSSR count). The largest absolute Gasteiger partial charge is 0.508 e. The Morgan fingerprint density at radius 2 is 1.88 bits per heavy atom. The number of carboxylic acids is 1. The number of phenols is 1. The summed E-state index contributed by atoms with van der Waals surface area (Å²) in [5, 5.41) is 19.8. The van der Waals surface area contributed by atoms with Gasteiger partial charge in [0.15, 0.2) is 0 Å². The van der Waals surface area contributed by atoms with E-state index in [9.17, 15) is 9.59 Å². The standard InChI is InChI=1S/C11H14N2O4/c1-13(7-10(15)12-6-11(16)17)8-2-4-9(14)5-3-8/h2-5,14H,6-7H2,1H3,(H,12,15)(H,16,17). The summed E-state index contributed by atoms with van der Waals surface area (Å²) in [6, 6.07) is 6.36. The van der Waals surface area contributed by atoms with Gasteiger partial charge >= 0.3 is 5.97 Å². The number of carbonyl (C=O) groups excluding carboxylic acids is 1. The van der Waals surface area contributed by atoms with E-state index in [-0.39, 0.29) is 24.7 Å². The van der Waals surface area contributed by atoms with Crippen molar-refractivity contribution in [3.8, 4) is 5.75 Å². The van der Waals surface area contributed by atoms with Crippen molar-refractivity contribution in [3.05, 3.63) is 24.3 Å². The van der Waals surface area contributed by atoms with Crippen LogP contribution in [0.1, 0.15) is 0 Å². The third-order valence-corrected chi connectivity index (χ3v) is 2.11. The van der Waals surface area contributed by atoms with Crippen LogP contribution in [0.2, 0.25) is 0 Å². The minimum Gasteiger partial charge on any atom is -0.508 e. The molecule has 1 aromatic rings. The quantitative estimate of drug-likeness (QED) is 0.673. The van der Waals surface area contributed by atoms with Gasteiger partial charge in [0.1, 0.15) is 12.3 Å². The molecule has 0 spiro atoms. The Morgan fingerprint density at radius 3 is 2.41 bits per heavy atom. The summed E-state index contributed by atoms with van der Waals surface area (Å²) in [4.78, 5) is 23.2.